The molecule has 4 rings (SSSR count). The quantitative estimate of drug-likeness (QED) is 0.639. The second-order valence-electron chi connectivity index (χ2n) is 7.89. The van der Waals surface area contributed by atoms with Crippen molar-refractivity contribution in [3.05, 3.63) is 36.4 Å². The van der Waals surface area contributed by atoms with E-state index in [0.717, 1.165) is 31.8 Å². The summed E-state index contributed by atoms with van der Waals surface area (Å²) in [5, 5.41) is 14.4. The Kier molecular flexibility index (Phi) is 6.87. The van der Waals surface area contributed by atoms with E-state index >= 15 is 0 Å². The fourth-order valence-electron chi connectivity index (χ4n) is 3.83. The molecule has 0 unspecified atom stereocenters. The highest BCUT2D eigenvalue weighted by Gasteiger charge is 2.29. The van der Waals surface area contributed by atoms with Crippen LogP contribution in [0.2, 0.25) is 0 Å². The van der Waals surface area contributed by atoms with E-state index in [0.29, 0.717) is 37.7 Å². The van der Waals surface area contributed by atoms with Crippen LogP contribution in [-0.4, -0.2) is 74.3 Å². The summed E-state index contributed by atoms with van der Waals surface area (Å²) in [6.07, 6.45) is 2.39. The zero-order valence-corrected chi connectivity index (χ0v) is 18.8. The van der Waals surface area contributed by atoms with Crippen LogP contribution in [0.3, 0.4) is 0 Å². The van der Waals surface area contributed by atoms with Crippen molar-refractivity contribution in [2.75, 3.05) is 54.9 Å². The number of sulfonamides is 1. The molecule has 0 bridgehead atoms. The molecule has 2 saturated heterocycles. The van der Waals surface area contributed by atoms with Crippen LogP contribution >= 0.6 is 0 Å². The number of nitrogens with zero attached hydrogens (tertiary/aromatic N) is 4. The number of amides is 1. The van der Waals surface area contributed by atoms with Crippen LogP contribution in [0.5, 0.6) is 0 Å². The van der Waals surface area contributed by atoms with Crippen LogP contribution in [-0.2, 0) is 19.6 Å². The minimum absolute atomic E-state index is 0.202. The van der Waals surface area contributed by atoms with Crippen molar-refractivity contribution < 1.29 is 17.9 Å². The number of ether oxygens (including phenoxy) is 1. The minimum Gasteiger partial charge on any atom is -0.376 e. The molecule has 11 heteroatoms. The first kappa shape index (κ1) is 22.4. The summed E-state index contributed by atoms with van der Waals surface area (Å²) in [4.78, 5) is 13.4. The van der Waals surface area contributed by atoms with Gasteiger partial charge in [-0.15, -0.1) is 10.2 Å². The largest absolute Gasteiger partial charge is 0.376 e. The summed E-state index contributed by atoms with van der Waals surface area (Å²) >= 11 is 0. The van der Waals surface area contributed by atoms with Crippen molar-refractivity contribution in [2.24, 2.45) is 0 Å². The first-order chi connectivity index (χ1) is 15.4. The Morgan fingerprint density at radius 3 is 2.44 bits per heavy atom. The Morgan fingerprint density at radius 2 is 1.84 bits per heavy atom. The van der Waals surface area contributed by atoms with Gasteiger partial charge in [-0.05, 0) is 49.2 Å². The highest BCUT2D eigenvalue weighted by molar-refractivity contribution is 7.89. The van der Waals surface area contributed by atoms with Crippen molar-refractivity contribution in [1.29, 1.82) is 0 Å². The third kappa shape index (κ3) is 5.34. The number of hydrogen-bond donors (Lipinski definition) is 2. The molecule has 172 valence electrons. The Labute approximate surface area is 188 Å². The van der Waals surface area contributed by atoms with Gasteiger partial charge in [0.25, 0.3) is 0 Å². The summed E-state index contributed by atoms with van der Waals surface area (Å²) in [5.74, 6) is 1.23. The van der Waals surface area contributed by atoms with Crippen LogP contribution in [0.1, 0.15) is 19.8 Å². The second-order valence-corrected chi connectivity index (χ2v) is 9.83. The predicted molar refractivity (Wildman–Crippen MR) is 121 cm³/mol. The summed E-state index contributed by atoms with van der Waals surface area (Å²) < 4.78 is 33.0. The molecule has 2 aliphatic rings. The molecule has 32 heavy (non-hydrogen) atoms. The number of hydrogen-bond acceptors (Lipinski definition) is 8. The van der Waals surface area contributed by atoms with Gasteiger partial charge in [-0.1, -0.05) is 0 Å². The van der Waals surface area contributed by atoms with E-state index in [-0.39, 0.29) is 16.9 Å². The highest BCUT2D eigenvalue weighted by Crippen LogP contribution is 2.22. The number of rotatable bonds is 7. The number of anilines is 3. The van der Waals surface area contributed by atoms with E-state index in [2.05, 4.69) is 20.8 Å². The number of benzene rings is 1. The average molecular weight is 461 g/mol. The van der Waals surface area contributed by atoms with Crippen LogP contribution < -0.4 is 15.5 Å². The maximum absolute atomic E-state index is 13.0. The number of carbonyl (C=O) groups is 1. The molecule has 2 N–H and O–H groups in total. The van der Waals surface area contributed by atoms with Gasteiger partial charge in [0.15, 0.2) is 5.82 Å². The standard InChI is InChI=1S/C21H28N6O4S/c1-16(28)23-17-4-6-19(7-5-17)32(29,30)27-12-10-26(11-13-27)21-9-8-20(24-25-21)22-15-18-3-2-14-31-18/h4-9,18H,2-3,10-15H2,1H3,(H,22,24)(H,23,28)/t18-/m0/s1. The van der Waals surface area contributed by atoms with Crippen LogP contribution in [0.15, 0.2) is 41.3 Å². The van der Waals surface area contributed by atoms with Crippen LogP contribution in [0, 0.1) is 0 Å². The third-order valence-corrected chi connectivity index (χ3v) is 7.47. The maximum atomic E-state index is 13.0. The number of piperazine rings is 1. The lowest BCUT2D eigenvalue weighted by Crippen LogP contribution is -2.49. The van der Waals surface area contributed by atoms with Crippen molar-refractivity contribution in [1.82, 2.24) is 14.5 Å². The van der Waals surface area contributed by atoms with E-state index < -0.39 is 10.0 Å². The lowest BCUT2D eigenvalue weighted by Gasteiger charge is -2.34. The van der Waals surface area contributed by atoms with Crippen LogP contribution in [0.4, 0.5) is 17.3 Å². The maximum Gasteiger partial charge on any atom is 0.243 e. The molecule has 1 amide bonds. The molecule has 0 aliphatic carbocycles. The lowest BCUT2D eigenvalue weighted by molar-refractivity contribution is -0.114. The molecule has 10 nitrogen and oxygen atoms in total. The van der Waals surface area contributed by atoms with Crippen molar-refractivity contribution in [2.45, 2.75) is 30.8 Å². The summed E-state index contributed by atoms with van der Waals surface area (Å²) in [7, 11) is -3.60. The van der Waals surface area contributed by atoms with E-state index in [1.807, 2.05) is 17.0 Å². The zero-order chi connectivity index (χ0) is 22.6. The van der Waals surface area contributed by atoms with Gasteiger partial charge in [-0.3, -0.25) is 4.79 Å². The van der Waals surface area contributed by atoms with Gasteiger partial charge < -0.3 is 20.3 Å². The van der Waals surface area contributed by atoms with Gasteiger partial charge in [0, 0.05) is 51.9 Å². The summed E-state index contributed by atoms with van der Waals surface area (Å²) in [6.45, 7) is 4.72. The summed E-state index contributed by atoms with van der Waals surface area (Å²) in [6, 6.07) is 10.00. The Morgan fingerprint density at radius 1 is 1.09 bits per heavy atom. The van der Waals surface area contributed by atoms with Crippen LogP contribution in [0.25, 0.3) is 0 Å². The van der Waals surface area contributed by atoms with Gasteiger partial charge in [-0.2, -0.15) is 4.31 Å². The molecular formula is C21H28N6O4S. The molecule has 0 spiro atoms. The molecule has 1 aromatic carbocycles. The molecular weight excluding hydrogens is 432 g/mol. The second kappa shape index (κ2) is 9.80. The monoisotopic (exact) mass is 460 g/mol. The highest BCUT2D eigenvalue weighted by atomic mass is 32.2. The first-order valence-corrected chi connectivity index (χ1v) is 12.2. The lowest BCUT2D eigenvalue weighted by atomic mass is 10.2. The van der Waals surface area contributed by atoms with Gasteiger partial charge in [0.2, 0.25) is 15.9 Å². The number of nitrogens with one attached hydrogen (secondary N) is 2. The SMILES string of the molecule is CC(=O)Nc1ccc(S(=O)(=O)N2CCN(c3ccc(NC[C@@H]4CCCO4)nn3)CC2)cc1. The van der Waals surface area contributed by atoms with Gasteiger partial charge in [-0.25, -0.2) is 8.42 Å². The van der Waals surface area contributed by atoms with E-state index in [4.69, 9.17) is 4.74 Å². The molecule has 0 saturated carbocycles. The molecule has 2 fully saturated rings. The van der Waals surface area contributed by atoms with Gasteiger partial charge >= 0.3 is 0 Å². The smallest absolute Gasteiger partial charge is 0.243 e. The molecule has 3 heterocycles. The third-order valence-electron chi connectivity index (χ3n) is 5.56. The average Bonchev–Trinajstić information content (AvgIpc) is 3.32. The molecule has 0 radical (unpaired) electrons. The number of aromatic nitrogens is 2. The molecule has 2 aliphatic heterocycles. The van der Waals surface area contributed by atoms with E-state index in [1.165, 1.54) is 23.4 Å². The Balaban J connectivity index is 1.31. The first-order valence-electron chi connectivity index (χ1n) is 10.7. The fraction of sp³-hybridized carbons (Fsp3) is 0.476. The van der Waals surface area contributed by atoms with Gasteiger partial charge in [0.1, 0.15) is 5.82 Å². The fourth-order valence-corrected chi connectivity index (χ4v) is 5.25. The number of carbonyl (C=O) groups excluding carboxylic acids is 1. The van der Waals surface area contributed by atoms with E-state index in [1.54, 1.807) is 12.1 Å². The Hall–Kier alpha value is -2.76. The minimum atomic E-state index is -3.60. The summed E-state index contributed by atoms with van der Waals surface area (Å²) in [5.41, 5.74) is 0.563. The molecule has 1 aromatic heterocycles. The van der Waals surface area contributed by atoms with E-state index in [9.17, 15) is 13.2 Å². The normalized spacial score (nSPS) is 19.7. The Bertz CT molecular complexity index is 1020. The molecule has 2 aromatic rings. The predicted octanol–water partition coefficient (Wildman–Crippen LogP) is 1.54. The molecule has 1 atom stereocenters. The van der Waals surface area contributed by atoms with Crippen molar-refractivity contribution >= 4 is 33.3 Å². The van der Waals surface area contributed by atoms with Gasteiger partial charge in [0.05, 0.1) is 11.0 Å². The zero-order valence-electron chi connectivity index (χ0n) is 18.0. The topological polar surface area (TPSA) is 117 Å². The van der Waals surface area contributed by atoms with Crippen molar-refractivity contribution in [3.63, 3.8) is 0 Å². The van der Waals surface area contributed by atoms with Crippen molar-refractivity contribution in [3.8, 4) is 0 Å².